The number of nitrogens with zero attached hydrogens (tertiary/aromatic N) is 1. The number of esters is 1. The van der Waals surface area contributed by atoms with E-state index in [2.05, 4.69) is 5.32 Å². The number of hydrogen-bond acceptors (Lipinski definition) is 5. The summed E-state index contributed by atoms with van der Waals surface area (Å²) >= 11 is 1.37. The fraction of sp³-hybridized carbons (Fsp3) is 0.600. The van der Waals surface area contributed by atoms with Crippen LogP contribution in [0.25, 0.3) is 0 Å². The molecule has 2 aliphatic rings. The van der Waals surface area contributed by atoms with Crippen LogP contribution in [0.1, 0.15) is 40.0 Å². The molecular formula is C20H30N2O3S. The van der Waals surface area contributed by atoms with Gasteiger partial charge >= 0.3 is 5.97 Å². The zero-order valence-corrected chi connectivity index (χ0v) is 17.1. The highest BCUT2D eigenvalue weighted by atomic mass is 32.2. The molecule has 144 valence electrons. The Morgan fingerprint density at radius 2 is 1.92 bits per heavy atom. The molecule has 26 heavy (non-hydrogen) atoms. The summed E-state index contributed by atoms with van der Waals surface area (Å²) < 4.78 is 5.60. The Hall–Kier alpha value is -1.69. The van der Waals surface area contributed by atoms with Crippen LogP contribution in [0.3, 0.4) is 0 Å². The first-order chi connectivity index (χ1) is 12.2. The second-order valence-electron chi connectivity index (χ2n) is 7.98. The molecule has 1 aliphatic heterocycles. The van der Waals surface area contributed by atoms with Crippen LogP contribution in [-0.4, -0.2) is 41.1 Å². The second-order valence-corrected chi connectivity index (χ2v) is 9.17. The maximum Gasteiger partial charge on any atom is 0.309 e. The van der Waals surface area contributed by atoms with Crippen molar-refractivity contribution in [3.63, 3.8) is 0 Å². The van der Waals surface area contributed by atoms with Crippen molar-refractivity contribution in [3.05, 3.63) is 36.2 Å². The molecule has 1 N–H and O–H groups in total. The first-order valence-corrected chi connectivity index (χ1v) is 9.96. The highest BCUT2D eigenvalue weighted by molar-refractivity contribution is 8.14. The molecule has 0 spiro atoms. The third-order valence-corrected chi connectivity index (χ3v) is 5.82. The summed E-state index contributed by atoms with van der Waals surface area (Å²) in [6, 6.07) is 0. The van der Waals surface area contributed by atoms with Crippen LogP contribution in [0.5, 0.6) is 0 Å². The van der Waals surface area contributed by atoms with Crippen LogP contribution in [-0.2, 0) is 9.53 Å². The molecule has 2 rings (SSSR count). The van der Waals surface area contributed by atoms with E-state index < -0.39 is 5.60 Å². The number of carbonyl (C=O) groups is 2. The van der Waals surface area contributed by atoms with Crippen molar-refractivity contribution in [1.29, 1.82) is 0 Å². The van der Waals surface area contributed by atoms with Gasteiger partial charge in [-0.05, 0) is 52.2 Å². The molecule has 1 saturated carbocycles. The predicted molar refractivity (Wildman–Crippen MR) is 107 cm³/mol. The van der Waals surface area contributed by atoms with Crippen LogP contribution in [0.15, 0.2) is 36.2 Å². The van der Waals surface area contributed by atoms with Crippen LogP contribution in [0, 0.1) is 11.8 Å². The Kier molecular flexibility index (Phi) is 6.98. The lowest BCUT2D eigenvalue weighted by Crippen LogP contribution is -2.38. The fourth-order valence-corrected chi connectivity index (χ4v) is 4.29. The number of rotatable bonds is 3. The molecule has 3 atom stereocenters. The van der Waals surface area contributed by atoms with Crippen LogP contribution in [0.4, 0.5) is 4.79 Å². The van der Waals surface area contributed by atoms with Gasteiger partial charge in [-0.2, -0.15) is 0 Å². The maximum atomic E-state index is 12.6. The van der Waals surface area contributed by atoms with E-state index in [0.717, 1.165) is 18.5 Å². The minimum Gasteiger partial charge on any atom is -0.460 e. The van der Waals surface area contributed by atoms with E-state index in [4.69, 9.17) is 4.74 Å². The predicted octanol–water partition coefficient (Wildman–Crippen LogP) is 4.08. The number of thioether (sulfide) groups is 1. The summed E-state index contributed by atoms with van der Waals surface area (Å²) in [5.41, 5.74) is 0.567. The molecule has 6 heteroatoms. The van der Waals surface area contributed by atoms with E-state index in [0.29, 0.717) is 6.42 Å². The molecule has 0 aromatic rings. The van der Waals surface area contributed by atoms with Crippen molar-refractivity contribution in [3.8, 4) is 0 Å². The Balaban J connectivity index is 2.17. The third kappa shape index (κ3) is 5.94. The smallest absolute Gasteiger partial charge is 0.309 e. The highest BCUT2D eigenvalue weighted by Gasteiger charge is 2.39. The van der Waals surface area contributed by atoms with E-state index in [-0.39, 0.29) is 28.3 Å². The molecule has 1 aliphatic carbocycles. The van der Waals surface area contributed by atoms with Gasteiger partial charge in [-0.25, -0.2) is 0 Å². The lowest BCUT2D eigenvalue weighted by Gasteiger charge is -2.37. The standard InChI is InChI=1S/C20H30N2O3S/c1-20(2,3)25-18(23)14-10-11-17(26-19(24)22(4)5)15(13-14)16-9-7-6-8-12-21-16/h6-9,12,14-15,17,21H,10-11,13H2,1-5H3. The van der Waals surface area contributed by atoms with E-state index >= 15 is 0 Å². The lowest BCUT2D eigenvalue weighted by molar-refractivity contribution is -0.161. The average molecular weight is 379 g/mol. The van der Waals surface area contributed by atoms with Crippen LogP contribution in [0.2, 0.25) is 0 Å². The molecule has 1 heterocycles. The van der Waals surface area contributed by atoms with E-state index in [9.17, 15) is 9.59 Å². The Morgan fingerprint density at radius 1 is 1.19 bits per heavy atom. The van der Waals surface area contributed by atoms with Crippen molar-refractivity contribution in [2.45, 2.75) is 50.9 Å². The topological polar surface area (TPSA) is 58.6 Å². The van der Waals surface area contributed by atoms with Crippen LogP contribution >= 0.6 is 11.8 Å². The minimum atomic E-state index is -0.482. The SMILES string of the molecule is CN(C)C(=O)SC1CCC(C(=O)OC(C)(C)C)CC1C1=CC=CC=CN1. The summed E-state index contributed by atoms with van der Waals surface area (Å²) in [7, 11) is 3.54. The summed E-state index contributed by atoms with van der Waals surface area (Å²) in [5, 5.41) is 3.51. The first-order valence-electron chi connectivity index (χ1n) is 9.08. The van der Waals surface area contributed by atoms with Crippen molar-refractivity contribution in [2.24, 2.45) is 11.8 Å². The molecule has 0 radical (unpaired) electrons. The molecule has 1 fully saturated rings. The molecule has 0 saturated heterocycles. The lowest BCUT2D eigenvalue weighted by atomic mass is 9.79. The maximum absolute atomic E-state index is 12.6. The highest BCUT2D eigenvalue weighted by Crippen LogP contribution is 2.41. The Bertz CT molecular complexity index is 617. The van der Waals surface area contributed by atoms with Gasteiger partial charge in [0.05, 0.1) is 5.92 Å². The van der Waals surface area contributed by atoms with Crippen LogP contribution < -0.4 is 5.32 Å². The van der Waals surface area contributed by atoms with Gasteiger partial charge in [0.25, 0.3) is 5.24 Å². The van der Waals surface area contributed by atoms with Gasteiger partial charge < -0.3 is 15.0 Å². The van der Waals surface area contributed by atoms with Crippen molar-refractivity contribution < 1.29 is 14.3 Å². The zero-order chi connectivity index (χ0) is 19.3. The Labute approximate surface area is 160 Å². The monoisotopic (exact) mass is 378 g/mol. The fourth-order valence-electron chi connectivity index (χ4n) is 3.15. The second kappa shape index (κ2) is 8.80. The van der Waals surface area contributed by atoms with E-state index in [1.165, 1.54) is 11.8 Å². The first kappa shape index (κ1) is 20.6. The van der Waals surface area contributed by atoms with Gasteiger partial charge in [0, 0.05) is 37.2 Å². The Morgan fingerprint density at radius 3 is 2.58 bits per heavy atom. The number of carbonyl (C=O) groups excluding carboxylic acids is 2. The van der Waals surface area contributed by atoms with Gasteiger partial charge in [0.15, 0.2) is 0 Å². The minimum absolute atomic E-state index is 0.0519. The van der Waals surface area contributed by atoms with Crippen molar-refractivity contribution in [1.82, 2.24) is 10.2 Å². The number of hydrogen-bond donors (Lipinski definition) is 1. The van der Waals surface area contributed by atoms with Crippen molar-refractivity contribution in [2.75, 3.05) is 14.1 Å². The normalized spacial score (nSPS) is 25.7. The number of nitrogens with one attached hydrogen (secondary N) is 1. The average Bonchev–Trinajstić information content (AvgIpc) is 2.82. The molecular weight excluding hydrogens is 348 g/mol. The number of amides is 1. The molecule has 0 aromatic heterocycles. The molecule has 5 nitrogen and oxygen atoms in total. The quantitative estimate of drug-likeness (QED) is 0.750. The third-order valence-electron chi connectivity index (χ3n) is 4.39. The van der Waals surface area contributed by atoms with Gasteiger partial charge in [0.2, 0.25) is 0 Å². The number of ether oxygens (including phenoxy) is 1. The number of allylic oxidation sites excluding steroid dienone is 5. The van der Waals surface area contributed by atoms with Crippen molar-refractivity contribution >= 4 is 23.0 Å². The van der Waals surface area contributed by atoms with Gasteiger partial charge in [-0.3, -0.25) is 9.59 Å². The zero-order valence-electron chi connectivity index (χ0n) is 16.3. The summed E-state index contributed by atoms with van der Waals surface area (Å²) in [6.07, 6.45) is 12.1. The molecule has 0 aromatic carbocycles. The van der Waals surface area contributed by atoms with Gasteiger partial charge in [0.1, 0.15) is 5.60 Å². The molecule has 1 amide bonds. The van der Waals surface area contributed by atoms with E-state index in [1.807, 2.05) is 51.3 Å². The summed E-state index contributed by atoms with van der Waals surface area (Å²) in [4.78, 5) is 26.4. The summed E-state index contributed by atoms with van der Waals surface area (Å²) in [5.74, 6) is -0.169. The molecule has 0 bridgehead atoms. The van der Waals surface area contributed by atoms with E-state index in [1.54, 1.807) is 19.0 Å². The molecule has 3 unspecified atom stereocenters. The largest absolute Gasteiger partial charge is 0.460 e. The summed E-state index contributed by atoms with van der Waals surface area (Å²) in [6.45, 7) is 5.68. The van der Waals surface area contributed by atoms with Gasteiger partial charge in [-0.15, -0.1) is 0 Å². The van der Waals surface area contributed by atoms with Gasteiger partial charge in [-0.1, -0.05) is 23.9 Å².